The van der Waals surface area contributed by atoms with Crippen LogP contribution in [0.4, 0.5) is 4.39 Å². The molecule has 0 fully saturated rings. The predicted molar refractivity (Wildman–Crippen MR) is 62.7 cm³/mol. The van der Waals surface area contributed by atoms with Gasteiger partial charge in [-0.2, -0.15) is 5.10 Å². The van der Waals surface area contributed by atoms with Crippen LogP contribution in [-0.2, 0) is 13.5 Å². The van der Waals surface area contributed by atoms with Gasteiger partial charge in [0.25, 0.3) is 0 Å². The number of hydrogen-bond donors (Lipinski definition) is 0. The van der Waals surface area contributed by atoms with Crippen LogP contribution in [0, 0.1) is 5.82 Å². The van der Waals surface area contributed by atoms with E-state index in [1.807, 2.05) is 0 Å². The number of hydrogen-bond acceptors (Lipinski definition) is 2. The van der Waals surface area contributed by atoms with Crippen LogP contribution in [0.3, 0.4) is 0 Å². The molecule has 0 N–H and O–H groups in total. The van der Waals surface area contributed by atoms with Crippen LogP contribution in [0.1, 0.15) is 16.1 Å². The molecule has 1 heterocycles. The van der Waals surface area contributed by atoms with Gasteiger partial charge in [0.1, 0.15) is 11.5 Å². The zero-order valence-electron chi connectivity index (χ0n) is 9.15. The number of benzene rings is 1. The number of carbonyl (C=O) groups is 1. The summed E-state index contributed by atoms with van der Waals surface area (Å²) in [6.07, 6.45) is 1.54. The molecule has 0 spiro atoms. The number of Topliss-reactive ketones (excluding diaryl/α,β-unsaturated/α-hetero) is 1. The molecule has 2 rings (SSSR count). The topological polar surface area (TPSA) is 34.9 Å². The molecule has 1 aromatic heterocycles. The van der Waals surface area contributed by atoms with E-state index in [1.54, 1.807) is 19.2 Å². The first-order valence-electron chi connectivity index (χ1n) is 5.03. The Morgan fingerprint density at radius 2 is 2.24 bits per heavy atom. The van der Waals surface area contributed by atoms with Crippen LogP contribution in [-0.4, -0.2) is 15.6 Å². The van der Waals surface area contributed by atoms with Gasteiger partial charge in [0.15, 0.2) is 5.78 Å². The van der Waals surface area contributed by atoms with E-state index in [0.29, 0.717) is 16.3 Å². The van der Waals surface area contributed by atoms with Gasteiger partial charge in [-0.1, -0.05) is 17.7 Å². The highest BCUT2D eigenvalue weighted by Crippen LogP contribution is 2.16. The van der Waals surface area contributed by atoms with Crippen LogP contribution in [0.5, 0.6) is 0 Å². The monoisotopic (exact) mass is 252 g/mol. The van der Waals surface area contributed by atoms with Gasteiger partial charge >= 0.3 is 0 Å². The quantitative estimate of drug-likeness (QED) is 0.787. The van der Waals surface area contributed by atoms with Crippen LogP contribution in [0.25, 0.3) is 0 Å². The zero-order valence-corrected chi connectivity index (χ0v) is 9.91. The molecule has 2 aromatic rings. The van der Waals surface area contributed by atoms with Crippen molar-refractivity contribution in [2.24, 2.45) is 7.05 Å². The summed E-state index contributed by atoms with van der Waals surface area (Å²) in [5.74, 6) is -0.640. The summed E-state index contributed by atoms with van der Waals surface area (Å²) < 4.78 is 15.0. The standard InChI is InChI=1S/C12H10ClFN2O/c1-16-11(4-5-15-16)12(17)6-8-2-3-9(13)7-10(8)14/h2-5,7H,6H2,1H3. The Kier molecular flexibility index (Phi) is 3.24. The van der Waals surface area contributed by atoms with E-state index < -0.39 is 5.82 Å². The molecule has 17 heavy (non-hydrogen) atoms. The van der Waals surface area contributed by atoms with E-state index >= 15 is 0 Å². The number of halogens is 2. The predicted octanol–water partition coefficient (Wildman–Crippen LogP) is 2.64. The Balaban J connectivity index is 2.22. The van der Waals surface area contributed by atoms with Gasteiger partial charge in [0.05, 0.1) is 0 Å². The van der Waals surface area contributed by atoms with Crippen molar-refractivity contribution in [1.29, 1.82) is 0 Å². The van der Waals surface area contributed by atoms with Crippen molar-refractivity contribution in [2.75, 3.05) is 0 Å². The van der Waals surface area contributed by atoms with Crippen molar-refractivity contribution in [1.82, 2.24) is 9.78 Å². The van der Waals surface area contributed by atoms with Crippen molar-refractivity contribution >= 4 is 17.4 Å². The minimum atomic E-state index is -0.465. The molecule has 0 saturated heterocycles. The van der Waals surface area contributed by atoms with Gasteiger partial charge in [-0.05, 0) is 23.8 Å². The van der Waals surface area contributed by atoms with E-state index in [9.17, 15) is 9.18 Å². The lowest BCUT2D eigenvalue weighted by Gasteiger charge is -2.03. The molecular formula is C12H10ClFN2O. The third kappa shape index (κ3) is 2.53. The Hall–Kier alpha value is -1.68. The molecule has 0 saturated carbocycles. The maximum absolute atomic E-state index is 13.5. The first-order valence-corrected chi connectivity index (χ1v) is 5.41. The normalized spacial score (nSPS) is 10.5. The molecule has 1 aromatic carbocycles. The minimum absolute atomic E-state index is 0.00252. The molecule has 0 aliphatic rings. The summed E-state index contributed by atoms with van der Waals surface area (Å²) in [5.41, 5.74) is 0.792. The molecule has 88 valence electrons. The second kappa shape index (κ2) is 4.67. The number of aromatic nitrogens is 2. The van der Waals surface area contributed by atoms with E-state index in [1.165, 1.54) is 23.0 Å². The highest BCUT2D eigenvalue weighted by molar-refractivity contribution is 6.30. The lowest BCUT2D eigenvalue weighted by molar-refractivity contribution is 0.0983. The fourth-order valence-corrected chi connectivity index (χ4v) is 1.73. The maximum Gasteiger partial charge on any atom is 0.185 e. The van der Waals surface area contributed by atoms with Gasteiger partial charge in [0, 0.05) is 24.7 Å². The van der Waals surface area contributed by atoms with Gasteiger partial charge in [0.2, 0.25) is 0 Å². The summed E-state index contributed by atoms with van der Waals surface area (Å²) in [6.45, 7) is 0. The number of carbonyl (C=O) groups excluding carboxylic acids is 1. The average Bonchev–Trinajstić information content (AvgIpc) is 2.68. The summed E-state index contributed by atoms with van der Waals surface area (Å²) in [6, 6.07) is 5.89. The number of aryl methyl sites for hydroxylation is 1. The van der Waals surface area contributed by atoms with E-state index in [2.05, 4.69) is 5.10 Å². The van der Waals surface area contributed by atoms with Crippen LogP contribution in [0.2, 0.25) is 5.02 Å². The highest BCUT2D eigenvalue weighted by Gasteiger charge is 2.13. The second-order valence-corrected chi connectivity index (χ2v) is 4.11. The molecule has 0 aliphatic carbocycles. The number of nitrogens with zero attached hydrogens (tertiary/aromatic N) is 2. The third-order valence-electron chi connectivity index (χ3n) is 2.47. The molecule has 3 nitrogen and oxygen atoms in total. The number of ketones is 1. The van der Waals surface area contributed by atoms with E-state index in [0.717, 1.165) is 0 Å². The molecule has 0 atom stereocenters. The van der Waals surface area contributed by atoms with Crippen molar-refractivity contribution in [3.63, 3.8) is 0 Å². The van der Waals surface area contributed by atoms with Gasteiger partial charge in [-0.15, -0.1) is 0 Å². The minimum Gasteiger partial charge on any atom is -0.292 e. The Labute approximate surface area is 103 Å². The largest absolute Gasteiger partial charge is 0.292 e. The fourth-order valence-electron chi connectivity index (χ4n) is 1.58. The third-order valence-corrected chi connectivity index (χ3v) is 2.71. The smallest absolute Gasteiger partial charge is 0.185 e. The summed E-state index contributed by atoms with van der Waals surface area (Å²) in [7, 11) is 1.67. The first kappa shape index (κ1) is 11.8. The molecule has 0 radical (unpaired) electrons. The lowest BCUT2D eigenvalue weighted by atomic mass is 10.1. The van der Waals surface area contributed by atoms with Crippen LogP contribution >= 0.6 is 11.6 Å². The van der Waals surface area contributed by atoms with Gasteiger partial charge in [-0.25, -0.2) is 4.39 Å². The molecule has 0 unspecified atom stereocenters. The Morgan fingerprint density at radius 1 is 1.47 bits per heavy atom. The van der Waals surface area contributed by atoms with Crippen molar-refractivity contribution < 1.29 is 9.18 Å². The SMILES string of the molecule is Cn1nccc1C(=O)Cc1ccc(Cl)cc1F. The average molecular weight is 253 g/mol. The van der Waals surface area contributed by atoms with Crippen molar-refractivity contribution in [3.8, 4) is 0 Å². The zero-order chi connectivity index (χ0) is 12.4. The highest BCUT2D eigenvalue weighted by atomic mass is 35.5. The first-order chi connectivity index (χ1) is 8.08. The maximum atomic E-state index is 13.5. The van der Waals surface area contributed by atoms with E-state index in [4.69, 9.17) is 11.6 Å². The summed E-state index contributed by atoms with van der Waals surface area (Å²) >= 11 is 5.64. The summed E-state index contributed by atoms with van der Waals surface area (Å²) in [5, 5.41) is 4.22. The molecule has 0 aliphatic heterocycles. The molecule has 5 heteroatoms. The number of rotatable bonds is 3. The molecule has 0 amide bonds. The summed E-state index contributed by atoms with van der Waals surface area (Å²) in [4.78, 5) is 11.9. The fraction of sp³-hybridized carbons (Fsp3) is 0.167. The van der Waals surface area contributed by atoms with Crippen molar-refractivity contribution in [2.45, 2.75) is 6.42 Å². The van der Waals surface area contributed by atoms with Gasteiger partial charge < -0.3 is 0 Å². The Morgan fingerprint density at radius 3 is 2.82 bits per heavy atom. The molecule has 0 bridgehead atoms. The van der Waals surface area contributed by atoms with Gasteiger partial charge in [-0.3, -0.25) is 9.48 Å². The molecular weight excluding hydrogens is 243 g/mol. The van der Waals surface area contributed by atoms with Crippen molar-refractivity contribution in [3.05, 3.63) is 52.6 Å². The van der Waals surface area contributed by atoms with Crippen LogP contribution in [0.15, 0.2) is 30.5 Å². The Bertz CT molecular complexity index is 565. The van der Waals surface area contributed by atoms with Crippen LogP contribution < -0.4 is 0 Å². The second-order valence-electron chi connectivity index (χ2n) is 3.68. The lowest BCUT2D eigenvalue weighted by Crippen LogP contribution is -2.10. The van der Waals surface area contributed by atoms with E-state index in [-0.39, 0.29) is 12.2 Å².